The molecule has 1 fully saturated rings. The van der Waals surface area contributed by atoms with Gasteiger partial charge in [-0.15, -0.1) is 0 Å². The number of nitrogens with one attached hydrogen (secondary N) is 1. The molecule has 130 valence electrons. The maximum absolute atomic E-state index is 12.6. The normalized spacial score (nSPS) is 17.0. The molecule has 0 aliphatic carbocycles. The van der Waals surface area contributed by atoms with E-state index in [1.807, 2.05) is 38.1 Å². The number of hydrogen-bond acceptors (Lipinski definition) is 2. The van der Waals surface area contributed by atoms with Crippen LogP contribution in [0.15, 0.2) is 40.9 Å². The Morgan fingerprint density at radius 2 is 1.96 bits per heavy atom. The van der Waals surface area contributed by atoms with Gasteiger partial charge in [0.25, 0.3) is 0 Å². The molecule has 0 bridgehead atoms. The summed E-state index contributed by atoms with van der Waals surface area (Å²) in [7, 11) is 0. The topological polar surface area (TPSA) is 49.4 Å². The third kappa shape index (κ3) is 3.58. The van der Waals surface area contributed by atoms with E-state index in [2.05, 4.69) is 21.2 Å². The molecule has 0 aromatic heterocycles. The van der Waals surface area contributed by atoms with E-state index < -0.39 is 0 Å². The molecule has 1 aliphatic rings. The van der Waals surface area contributed by atoms with Crippen LogP contribution in [0.5, 0.6) is 0 Å². The van der Waals surface area contributed by atoms with Gasteiger partial charge in [0, 0.05) is 28.8 Å². The van der Waals surface area contributed by atoms with Crippen LogP contribution in [-0.2, 0) is 9.59 Å². The highest BCUT2D eigenvalue weighted by molar-refractivity contribution is 9.10. The molecule has 0 unspecified atom stereocenters. The summed E-state index contributed by atoms with van der Waals surface area (Å²) in [6, 6.07) is 11.3. The van der Waals surface area contributed by atoms with Crippen molar-refractivity contribution in [2.24, 2.45) is 5.92 Å². The zero-order valence-corrected chi connectivity index (χ0v) is 16.3. The Hall–Kier alpha value is -1.85. The fraction of sp³-hybridized carbons (Fsp3) is 0.263. The number of anilines is 2. The zero-order chi connectivity index (χ0) is 18.1. The van der Waals surface area contributed by atoms with Crippen molar-refractivity contribution in [1.82, 2.24) is 0 Å². The van der Waals surface area contributed by atoms with E-state index in [1.54, 1.807) is 17.0 Å². The van der Waals surface area contributed by atoms with Crippen molar-refractivity contribution >= 4 is 50.7 Å². The average molecular weight is 422 g/mol. The number of hydrogen-bond donors (Lipinski definition) is 1. The molecule has 3 rings (SSSR count). The molecule has 4 nitrogen and oxygen atoms in total. The van der Waals surface area contributed by atoms with Crippen molar-refractivity contribution < 1.29 is 9.59 Å². The standard InChI is InChI=1S/C19H18BrClN2O2/c1-11-5-3-4-6-16(11)23-10-13(9-17(23)24)19(25)22-15-8-7-14(20)18(21)12(15)2/h3-8,13H,9-10H2,1-2H3,(H,22,25)/t13-/m0/s1. The summed E-state index contributed by atoms with van der Waals surface area (Å²) in [5, 5.41) is 3.48. The third-order valence-electron chi connectivity index (χ3n) is 4.50. The van der Waals surface area contributed by atoms with Gasteiger partial charge < -0.3 is 10.2 Å². The number of amides is 2. The van der Waals surface area contributed by atoms with Gasteiger partial charge in [-0.05, 0) is 59.1 Å². The molecule has 6 heteroatoms. The highest BCUT2D eigenvalue weighted by atomic mass is 79.9. The smallest absolute Gasteiger partial charge is 0.229 e. The van der Waals surface area contributed by atoms with E-state index in [0.717, 1.165) is 21.3 Å². The van der Waals surface area contributed by atoms with Gasteiger partial charge in [-0.1, -0.05) is 29.8 Å². The molecule has 1 aliphatic heterocycles. The quantitative estimate of drug-likeness (QED) is 0.780. The Bertz CT molecular complexity index is 853. The van der Waals surface area contributed by atoms with E-state index in [1.165, 1.54) is 0 Å². The number of halogens is 2. The Morgan fingerprint density at radius 3 is 2.68 bits per heavy atom. The van der Waals surface area contributed by atoms with Gasteiger partial charge in [-0.2, -0.15) is 0 Å². The Labute approximate surface area is 160 Å². The highest BCUT2D eigenvalue weighted by Crippen LogP contribution is 2.32. The molecular weight excluding hydrogens is 404 g/mol. The van der Waals surface area contributed by atoms with Crippen molar-refractivity contribution in [3.63, 3.8) is 0 Å². The summed E-state index contributed by atoms with van der Waals surface area (Å²) in [6.45, 7) is 4.20. The molecule has 1 N–H and O–H groups in total. The predicted octanol–water partition coefficient (Wildman–Crippen LogP) is 4.71. The van der Waals surface area contributed by atoms with Crippen LogP contribution in [0.4, 0.5) is 11.4 Å². The number of benzene rings is 2. The van der Waals surface area contributed by atoms with Crippen LogP contribution in [0.1, 0.15) is 17.5 Å². The molecule has 0 saturated carbocycles. The molecule has 1 heterocycles. The lowest BCUT2D eigenvalue weighted by Gasteiger charge is -2.19. The minimum Gasteiger partial charge on any atom is -0.325 e. The molecule has 25 heavy (non-hydrogen) atoms. The van der Waals surface area contributed by atoms with E-state index in [9.17, 15) is 9.59 Å². The van der Waals surface area contributed by atoms with Crippen LogP contribution in [0.2, 0.25) is 5.02 Å². The first-order chi connectivity index (χ1) is 11.9. The van der Waals surface area contributed by atoms with Crippen molar-refractivity contribution in [3.8, 4) is 0 Å². The summed E-state index contributed by atoms with van der Waals surface area (Å²) in [4.78, 5) is 26.7. The Kier molecular flexibility index (Phi) is 5.16. The molecule has 2 aromatic carbocycles. The van der Waals surface area contributed by atoms with Gasteiger partial charge in [-0.3, -0.25) is 9.59 Å². The molecule has 0 spiro atoms. The fourth-order valence-electron chi connectivity index (χ4n) is 3.00. The van der Waals surface area contributed by atoms with Crippen LogP contribution >= 0.6 is 27.5 Å². The largest absolute Gasteiger partial charge is 0.325 e. The number of aryl methyl sites for hydroxylation is 1. The molecular formula is C19H18BrClN2O2. The summed E-state index contributed by atoms with van der Waals surface area (Å²) < 4.78 is 0.784. The minimum absolute atomic E-state index is 0.0278. The van der Waals surface area contributed by atoms with E-state index >= 15 is 0 Å². The van der Waals surface area contributed by atoms with Crippen molar-refractivity contribution in [2.45, 2.75) is 20.3 Å². The Balaban J connectivity index is 1.76. The summed E-state index contributed by atoms with van der Waals surface area (Å²) in [5.41, 5.74) is 3.35. The number of carbonyl (C=O) groups is 2. The highest BCUT2D eigenvalue weighted by Gasteiger charge is 2.35. The third-order valence-corrected chi connectivity index (χ3v) is 5.88. The number of nitrogens with zero attached hydrogens (tertiary/aromatic N) is 1. The fourth-order valence-corrected chi connectivity index (χ4v) is 3.60. The first-order valence-corrected chi connectivity index (χ1v) is 9.17. The molecule has 1 saturated heterocycles. The second-order valence-corrected chi connectivity index (χ2v) is 7.45. The van der Waals surface area contributed by atoms with Crippen LogP contribution in [0.25, 0.3) is 0 Å². The molecule has 0 radical (unpaired) electrons. The van der Waals surface area contributed by atoms with E-state index in [4.69, 9.17) is 11.6 Å². The zero-order valence-electron chi connectivity index (χ0n) is 14.0. The van der Waals surface area contributed by atoms with E-state index in [-0.39, 0.29) is 24.2 Å². The van der Waals surface area contributed by atoms with Crippen LogP contribution in [0, 0.1) is 19.8 Å². The second-order valence-electron chi connectivity index (χ2n) is 6.22. The van der Waals surface area contributed by atoms with Gasteiger partial charge in [0.2, 0.25) is 11.8 Å². The maximum Gasteiger partial charge on any atom is 0.229 e. The maximum atomic E-state index is 12.6. The predicted molar refractivity (Wildman–Crippen MR) is 104 cm³/mol. The second kappa shape index (κ2) is 7.18. The summed E-state index contributed by atoms with van der Waals surface area (Å²) in [5.74, 6) is -0.570. The van der Waals surface area contributed by atoms with Crippen LogP contribution in [0.3, 0.4) is 0 Å². The van der Waals surface area contributed by atoms with Crippen molar-refractivity contribution in [2.75, 3.05) is 16.8 Å². The summed E-state index contributed by atoms with van der Waals surface area (Å²) >= 11 is 9.57. The van der Waals surface area contributed by atoms with Gasteiger partial charge in [0.05, 0.1) is 10.9 Å². The van der Waals surface area contributed by atoms with Gasteiger partial charge in [-0.25, -0.2) is 0 Å². The SMILES string of the molecule is Cc1ccccc1N1C[C@@H](C(=O)Nc2ccc(Br)c(Cl)c2C)CC1=O. The lowest BCUT2D eigenvalue weighted by Crippen LogP contribution is -2.28. The number of para-hydroxylation sites is 1. The monoisotopic (exact) mass is 420 g/mol. The van der Waals surface area contributed by atoms with Gasteiger partial charge in [0.15, 0.2) is 0 Å². The first kappa shape index (κ1) is 18.0. The number of carbonyl (C=O) groups excluding carboxylic acids is 2. The van der Waals surface area contributed by atoms with Gasteiger partial charge >= 0.3 is 0 Å². The molecule has 1 atom stereocenters. The van der Waals surface area contributed by atoms with Gasteiger partial charge in [0.1, 0.15) is 0 Å². The van der Waals surface area contributed by atoms with Crippen LogP contribution < -0.4 is 10.2 Å². The Morgan fingerprint density at radius 1 is 1.24 bits per heavy atom. The first-order valence-electron chi connectivity index (χ1n) is 8.00. The van der Waals surface area contributed by atoms with Crippen molar-refractivity contribution in [1.29, 1.82) is 0 Å². The minimum atomic E-state index is -0.381. The van der Waals surface area contributed by atoms with Crippen LogP contribution in [-0.4, -0.2) is 18.4 Å². The average Bonchev–Trinajstić information content (AvgIpc) is 2.97. The molecule has 2 amide bonds. The van der Waals surface area contributed by atoms with E-state index in [0.29, 0.717) is 17.3 Å². The number of rotatable bonds is 3. The molecule has 2 aromatic rings. The van der Waals surface area contributed by atoms with Crippen molar-refractivity contribution in [3.05, 3.63) is 57.0 Å². The lowest BCUT2D eigenvalue weighted by molar-refractivity contribution is -0.122. The lowest BCUT2D eigenvalue weighted by atomic mass is 10.1. The summed E-state index contributed by atoms with van der Waals surface area (Å²) in [6.07, 6.45) is 0.212.